The van der Waals surface area contributed by atoms with Crippen LogP contribution in [0.1, 0.15) is 69.8 Å². The maximum atomic E-state index is 13.6. The van der Waals surface area contributed by atoms with Gasteiger partial charge in [0, 0.05) is 23.7 Å². The topological polar surface area (TPSA) is 101 Å². The van der Waals surface area contributed by atoms with Crippen molar-refractivity contribution in [2.45, 2.75) is 45.6 Å². The van der Waals surface area contributed by atoms with Crippen LogP contribution >= 0.6 is 11.6 Å². The summed E-state index contributed by atoms with van der Waals surface area (Å²) in [6.07, 6.45) is 4.39. The van der Waals surface area contributed by atoms with E-state index < -0.39 is 11.8 Å². The van der Waals surface area contributed by atoms with Crippen LogP contribution in [0, 0.1) is 6.92 Å². The van der Waals surface area contributed by atoms with Crippen molar-refractivity contribution in [1.29, 1.82) is 0 Å². The van der Waals surface area contributed by atoms with Gasteiger partial charge in [0.25, 0.3) is 5.56 Å². The molecule has 0 atom stereocenters. The van der Waals surface area contributed by atoms with Crippen LogP contribution in [0.5, 0.6) is 5.75 Å². The molecule has 8 nitrogen and oxygen atoms in total. The molecule has 2 heterocycles. The molecule has 1 fully saturated rings. The number of benzene rings is 1. The van der Waals surface area contributed by atoms with Gasteiger partial charge in [0.1, 0.15) is 17.9 Å². The molecule has 0 unspecified atom stereocenters. The number of hydrogen-bond donors (Lipinski definition) is 0. The lowest BCUT2D eigenvalue weighted by Gasteiger charge is -2.23. The summed E-state index contributed by atoms with van der Waals surface area (Å²) >= 11 is 6.63. The number of esters is 1. The van der Waals surface area contributed by atoms with E-state index in [9.17, 15) is 14.4 Å². The van der Waals surface area contributed by atoms with Gasteiger partial charge < -0.3 is 18.6 Å². The molecule has 1 aliphatic rings. The van der Waals surface area contributed by atoms with E-state index in [1.54, 1.807) is 37.4 Å². The SMILES string of the molecule is CCOC(=O)c1noc(C2CCC2)c1C(=O)c1ccc(C)c(OCCn2ccccc2=O)c1Cl. The summed E-state index contributed by atoms with van der Waals surface area (Å²) in [6, 6.07) is 8.23. The molecule has 0 spiro atoms. The van der Waals surface area contributed by atoms with E-state index in [4.69, 9.17) is 25.6 Å². The second-order valence-corrected chi connectivity index (χ2v) is 8.48. The molecule has 2 aromatic heterocycles. The summed E-state index contributed by atoms with van der Waals surface area (Å²) in [5.74, 6) is -0.426. The number of carbonyl (C=O) groups excluding carboxylic acids is 2. The summed E-state index contributed by atoms with van der Waals surface area (Å²) in [5.41, 5.74) is 0.720. The average Bonchev–Trinajstić information content (AvgIpc) is 3.20. The summed E-state index contributed by atoms with van der Waals surface area (Å²) in [7, 11) is 0. The monoisotopic (exact) mass is 484 g/mol. The Morgan fingerprint density at radius 2 is 2.03 bits per heavy atom. The third-order valence-electron chi connectivity index (χ3n) is 5.91. The number of ketones is 1. The van der Waals surface area contributed by atoms with Crippen LogP contribution in [0.2, 0.25) is 5.02 Å². The molecular formula is C25H25ClN2O6. The summed E-state index contributed by atoms with van der Waals surface area (Å²) in [5, 5.41) is 3.99. The van der Waals surface area contributed by atoms with Crippen molar-refractivity contribution >= 4 is 23.4 Å². The molecule has 4 rings (SSSR count). The van der Waals surface area contributed by atoms with E-state index in [1.807, 2.05) is 6.92 Å². The first-order valence-corrected chi connectivity index (χ1v) is 11.6. The molecule has 0 N–H and O–H groups in total. The number of nitrogens with zero attached hydrogens (tertiary/aromatic N) is 2. The van der Waals surface area contributed by atoms with Crippen LogP contribution in [0.15, 0.2) is 45.8 Å². The number of rotatable bonds is 9. The Bertz CT molecular complexity index is 1270. The highest BCUT2D eigenvalue weighted by Gasteiger charge is 2.36. The Balaban J connectivity index is 1.64. The molecule has 1 aromatic carbocycles. The zero-order valence-corrected chi connectivity index (χ0v) is 19.8. The number of halogens is 1. The first kappa shape index (κ1) is 23.8. The first-order chi connectivity index (χ1) is 16.4. The van der Waals surface area contributed by atoms with Gasteiger partial charge in [-0.05, 0) is 44.4 Å². The minimum Gasteiger partial charge on any atom is -0.490 e. The highest BCUT2D eigenvalue weighted by molar-refractivity contribution is 6.36. The van der Waals surface area contributed by atoms with E-state index in [0.29, 0.717) is 18.1 Å². The third-order valence-corrected chi connectivity index (χ3v) is 6.28. The van der Waals surface area contributed by atoms with Crippen LogP contribution in [0.25, 0.3) is 0 Å². The van der Waals surface area contributed by atoms with E-state index in [-0.39, 0.29) is 46.5 Å². The molecule has 0 bridgehead atoms. The second kappa shape index (κ2) is 10.3. The number of carbonyl (C=O) groups is 2. The molecule has 1 saturated carbocycles. The molecule has 0 radical (unpaired) electrons. The minimum atomic E-state index is -0.715. The van der Waals surface area contributed by atoms with Crippen molar-refractivity contribution < 1.29 is 23.6 Å². The van der Waals surface area contributed by atoms with Crippen molar-refractivity contribution in [1.82, 2.24) is 9.72 Å². The van der Waals surface area contributed by atoms with Gasteiger partial charge in [0.15, 0.2) is 5.76 Å². The zero-order valence-electron chi connectivity index (χ0n) is 19.0. The molecule has 0 saturated heterocycles. The van der Waals surface area contributed by atoms with Gasteiger partial charge in [-0.1, -0.05) is 35.3 Å². The Morgan fingerprint density at radius 3 is 2.71 bits per heavy atom. The lowest BCUT2D eigenvalue weighted by molar-refractivity contribution is 0.0512. The Kier molecular flexibility index (Phi) is 7.17. The largest absolute Gasteiger partial charge is 0.490 e. The minimum absolute atomic E-state index is 0.0266. The van der Waals surface area contributed by atoms with Crippen molar-refractivity contribution in [2.24, 2.45) is 0 Å². The molecule has 9 heteroatoms. The van der Waals surface area contributed by atoms with E-state index in [0.717, 1.165) is 24.8 Å². The first-order valence-electron chi connectivity index (χ1n) is 11.2. The Morgan fingerprint density at radius 1 is 1.24 bits per heavy atom. The number of aryl methyl sites for hydroxylation is 1. The fourth-order valence-corrected chi connectivity index (χ4v) is 4.19. The van der Waals surface area contributed by atoms with Gasteiger partial charge in [-0.3, -0.25) is 9.59 Å². The summed E-state index contributed by atoms with van der Waals surface area (Å²) < 4.78 is 17.9. The predicted molar refractivity (Wildman–Crippen MR) is 125 cm³/mol. The maximum absolute atomic E-state index is 13.6. The van der Waals surface area contributed by atoms with Crippen LogP contribution in [0.3, 0.4) is 0 Å². The van der Waals surface area contributed by atoms with E-state index in [2.05, 4.69) is 5.16 Å². The lowest BCUT2D eigenvalue weighted by Crippen LogP contribution is -2.21. The van der Waals surface area contributed by atoms with Gasteiger partial charge in [0.2, 0.25) is 11.5 Å². The lowest BCUT2D eigenvalue weighted by atomic mass is 9.80. The number of hydrogen-bond acceptors (Lipinski definition) is 7. The van der Waals surface area contributed by atoms with Crippen LogP contribution in [0.4, 0.5) is 0 Å². The number of ether oxygens (including phenoxy) is 2. The molecule has 34 heavy (non-hydrogen) atoms. The van der Waals surface area contributed by atoms with Crippen molar-refractivity contribution in [3.63, 3.8) is 0 Å². The number of pyridine rings is 1. The molecule has 0 amide bonds. The Labute approximate surface area is 201 Å². The second-order valence-electron chi connectivity index (χ2n) is 8.10. The summed E-state index contributed by atoms with van der Waals surface area (Å²) in [4.78, 5) is 38.0. The zero-order chi connectivity index (χ0) is 24.2. The van der Waals surface area contributed by atoms with Crippen LogP contribution < -0.4 is 10.3 Å². The fourth-order valence-electron chi connectivity index (χ4n) is 3.84. The van der Waals surface area contributed by atoms with Gasteiger partial charge in [-0.2, -0.15) is 0 Å². The fraction of sp³-hybridized carbons (Fsp3) is 0.360. The van der Waals surface area contributed by atoms with Gasteiger partial charge >= 0.3 is 5.97 Å². The van der Waals surface area contributed by atoms with Crippen LogP contribution in [-0.2, 0) is 11.3 Å². The molecule has 0 aliphatic heterocycles. The van der Waals surface area contributed by atoms with Gasteiger partial charge in [-0.25, -0.2) is 4.79 Å². The maximum Gasteiger partial charge on any atom is 0.361 e. The normalized spacial score (nSPS) is 13.4. The number of aromatic nitrogens is 2. The average molecular weight is 485 g/mol. The highest BCUT2D eigenvalue weighted by Crippen LogP contribution is 2.41. The third kappa shape index (κ3) is 4.63. The summed E-state index contributed by atoms with van der Waals surface area (Å²) in [6.45, 7) is 4.13. The van der Waals surface area contributed by atoms with E-state index >= 15 is 0 Å². The van der Waals surface area contributed by atoms with Crippen LogP contribution in [-0.4, -0.2) is 34.7 Å². The molecular weight excluding hydrogens is 460 g/mol. The predicted octanol–water partition coefficient (Wildman–Crippen LogP) is 4.55. The van der Waals surface area contributed by atoms with Crippen molar-refractivity contribution in [3.8, 4) is 5.75 Å². The Hall–Kier alpha value is -3.39. The quantitative estimate of drug-likeness (QED) is 0.324. The van der Waals surface area contributed by atoms with Gasteiger partial charge in [0.05, 0.1) is 18.2 Å². The van der Waals surface area contributed by atoms with E-state index in [1.165, 1.54) is 10.6 Å². The highest BCUT2D eigenvalue weighted by atomic mass is 35.5. The molecule has 1 aliphatic carbocycles. The van der Waals surface area contributed by atoms with Crippen molar-refractivity contribution in [2.75, 3.05) is 13.2 Å². The molecule has 3 aromatic rings. The standard InChI is InChI=1S/C25H25ClN2O6/c1-3-32-25(31)21-19(24(34-27-21)16-7-6-8-16)22(30)17-11-10-15(2)23(20(17)26)33-14-13-28-12-5-4-9-18(28)29/h4-5,9-12,16H,3,6-8,13-14H2,1-2H3. The molecule has 178 valence electrons. The van der Waals surface area contributed by atoms with Gasteiger partial charge in [-0.15, -0.1) is 0 Å². The van der Waals surface area contributed by atoms with Crippen molar-refractivity contribution in [3.05, 3.63) is 80.0 Å². The smallest absolute Gasteiger partial charge is 0.361 e.